The third-order valence-corrected chi connectivity index (χ3v) is 4.20. The molecule has 0 radical (unpaired) electrons. The number of hydrogen-bond acceptors (Lipinski definition) is 3. The van der Waals surface area contributed by atoms with Gasteiger partial charge in [0.05, 0.1) is 0 Å². The van der Waals surface area contributed by atoms with Crippen LogP contribution in [0, 0.1) is 5.82 Å². The molecule has 1 atom stereocenters. The number of nitrogens with one attached hydrogen (secondary N) is 1. The topological polar surface area (TPSA) is 66.4 Å². The van der Waals surface area contributed by atoms with E-state index in [4.69, 9.17) is 4.55 Å². The summed E-state index contributed by atoms with van der Waals surface area (Å²) in [5.74, 6) is -0.345. The van der Waals surface area contributed by atoms with Gasteiger partial charge in [-0.05, 0) is 44.9 Å². The summed E-state index contributed by atoms with van der Waals surface area (Å²) in [4.78, 5) is 0. The van der Waals surface area contributed by atoms with Crippen LogP contribution in [0.15, 0.2) is 24.3 Å². The average Bonchev–Trinajstić information content (AvgIpc) is 2.28. The van der Waals surface area contributed by atoms with Crippen LogP contribution in [-0.4, -0.2) is 30.1 Å². The summed E-state index contributed by atoms with van der Waals surface area (Å²) in [5, 5.41) is 0.00412. The minimum absolute atomic E-state index is 0.345. The predicted octanol–water partition coefficient (Wildman–Crippen LogP) is 2.31. The molecule has 20 heavy (non-hydrogen) atoms. The number of halogens is 2. The summed E-state index contributed by atoms with van der Waals surface area (Å²) < 4.78 is 57.1. The molecular weight excluding hydrogens is 288 g/mol. The van der Waals surface area contributed by atoms with Crippen LogP contribution in [-0.2, 0) is 16.5 Å². The summed E-state index contributed by atoms with van der Waals surface area (Å²) in [6.07, 6.45) is 0.453. The highest BCUT2D eigenvalue weighted by Crippen LogP contribution is 2.19. The molecule has 114 valence electrons. The lowest BCUT2D eigenvalue weighted by Crippen LogP contribution is -2.50. The van der Waals surface area contributed by atoms with E-state index in [1.54, 1.807) is 26.0 Å². The van der Waals surface area contributed by atoms with Crippen LogP contribution in [0.3, 0.4) is 0 Å². The van der Waals surface area contributed by atoms with Gasteiger partial charge < -0.3 is 5.32 Å². The van der Waals surface area contributed by atoms with E-state index in [1.165, 1.54) is 12.1 Å². The van der Waals surface area contributed by atoms with Crippen LogP contribution in [0.4, 0.5) is 8.78 Å². The van der Waals surface area contributed by atoms with Gasteiger partial charge in [0, 0.05) is 12.1 Å². The molecule has 0 unspecified atom stereocenters. The normalized spacial score (nSPS) is 15.9. The Kier molecular flexibility index (Phi) is 4.89. The van der Waals surface area contributed by atoms with Crippen molar-refractivity contribution in [2.45, 2.75) is 37.7 Å². The smallest absolute Gasteiger partial charge is 0.301 e. The first-order chi connectivity index (χ1) is 8.93. The van der Waals surface area contributed by atoms with Gasteiger partial charge in [-0.25, -0.2) is 8.78 Å². The van der Waals surface area contributed by atoms with Gasteiger partial charge in [0.15, 0.2) is 0 Å². The lowest BCUT2D eigenvalue weighted by Gasteiger charge is -2.29. The molecule has 0 heterocycles. The van der Waals surface area contributed by atoms with Crippen molar-refractivity contribution in [2.24, 2.45) is 0 Å². The van der Waals surface area contributed by atoms with Crippen molar-refractivity contribution in [1.82, 2.24) is 5.32 Å². The lowest BCUT2D eigenvalue weighted by atomic mass is 9.95. The maximum absolute atomic E-state index is 13.8. The van der Waals surface area contributed by atoms with Gasteiger partial charge in [-0.3, -0.25) is 4.55 Å². The molecule has 1 aromatic carbocycles. The lowest BCUT2D eigenvalue weighted by molar-refractivity contribution is 0.231. The van der Waals surface area contributed by atoms with Crippen molar-refractivity contribution in [3.8, 4) is 0 Å². The molecule has 0 aliphatic heterocycles. The summed E-state index contributed by atoms with van der Waals surface area (Å²) in [6, 6.07) is 5.86. The maximum atomic E-state index is 13.8. The zero-order chi connectivity index (χ0) is 15.6. The van der Waals surface area contributed by atoms with Gasteiger partial charge in [-0.1, -0.05) is 12.1 Å². The molecule has 0 fully saturated rings. The van der Waals surface area contributed by atoms with Crippen molar-refractivity contribution < 1.29 is 21.8 Å². The molecule has 0 saturated carbocycles. The first-order valence-corrected chi connectivity index (χ1v) is 7.52. The van der Waals surface area contributed by atoms with Crippen molar-refractivity contribution in [2.75, 3.05) is 6.54 Å². The van der Waals surface area contributed by atoms with Crippen LogP contribution in [0.25, 0.3) is 0 Å². The molecule has 0 bridgehead atoms. The van der Waals surface area contributed by atoms with E-state index in [9.17, 15) is 17.2 Å². The third kappa shape index (κ3) is 4.81. The quantitative estimate of drug-likeness (QED) is 0.792. The van der Waals surface area contributed by atoms with Gasteiger partial charge in [0.2, 0.25) is 5.00 Å². The van der Waals surface area contributed by atoms with E-state index in [2.05, 4.69) is 5.32 Å². The molecular formula is C13H19F2NO3S. The highest BCUT2D eigenvalue weighted by Gasteiger charge is 2.39. The first kappa shape index (κ1) is 17.0. The first-order valence-electron chi connectivity index (χ1n) is 6.08. The number of benzene rings is 1. The molecule has 1 rings (SSSR count). The van der Waals surface area contributed by atoms with Crippen molar-refractivity contribution in [1.29, 1.82) is 0 Å². The van der Waals surface area contributed by atoms with Crippen LogP contribution in [0.5, 0.6) is 0 Å². The summed E-state index contributed by atoms with van der Waals surface area (Å²) in [7, 11) is -4.78. The van der Waals surface area contributed by atoms with Gasteiger partial charge in [-0.2, -0.15) is 8.42 Å². The number of hydrogen-bond donors (Lipinski definition) is 2. The Bertz CT molecular complexity index is 553. The Hall–Kier alpha value is -1.05. The second kappa shape index (κ2) is 5.75. The van der Waals surface area contributed by atoms with Crippen LogP contribution in [0.2, 0.25) is 0 Å². The van der Waals surface area contributed by atoms with Crippen molar-refractivity contribution in [3.63, 3.8) is 0 Å². The fourth-order valence-corrected chi connectivity index (χ4v) is 1.92. The average molecular weight is 307 g/mol. The van der Waals surface area contributed by atoms with Crippen molar-refractivity contribution in [3.05, 3.63) is 35.6 Å². The standard InChI is InChI=1S/C13H19F2NO3S/c1-12(2,8-10-4-6-11(14)7-5-10)16-9-13(3,15)20(17,18)19/h4-7,16H,8-9H2,1-3H3,(H,17,18,19)/t13-/m0/s1. The molecule has 0 saturated heterocycles. The van der Waals surface area contributed by atoms with Crippen molar-refractivity contribution >= 4 is 10.1 Å². The molecule has 0 aliphatic rings. The Balaban J connectivity index is 2.69. The summed E-state index contributed by atoms with van der Waals surface area (Å²) >= 11 is 0. The van der Waals surface area contributed by atoms with Crippen LogP contribution < -0.4 is 5.32 Å². The third-order valence-electron chi connectivity index (χ3n) is 2.98. The fourth-order valence-electron chi connectivity index (χ4n) is 1.66. The molecule has 2 N–H and O–H groups in total. The predicted molar refractivity (Wildman–Crippen MR) is 73.2 cm³/mol. The summed E-state index contributed by atoms with van der Waals surface area (Å²) in [5.41, 5.74) is 0.215. The Morgan fingerprint density at radius 3 is 2.15 bits per heavy atom. The zero-order valence-corrected chi connectivity index (χ0v) is 12.5. The fraction of sp³-hybridized carbons (Fsp3) is 0.538. The molecule has 0 aliphatic carbocycles. The second-order valence-corrected chi connectivity index (χ2v) is 7.42. The Morgan fingerprint density at radius 2 is 1.70 bits per heavy atom. The highest BCUT2D eigenvalue weighted by molar-refractivity contribution is 7.87. The molecule has 0 aromatic heterocycles. The second-order valence-electron chi connectivity index (χ2n) is 5.62. The van der Waals surface area contributed by atoms with Gasteiger partial charge >= 0.3 is 10.1 Å². The minimum Gasteiger partial charge on any atom is -0.307 e. The van der Waals surface area contributed by atoms with E-state index in [1.807, 2.05) is 0 Å². The van der Waals surface area contributed by atoms with E-state index < -0.39 is 27.2 Å². The number of alkyl halides is 1. The molecule has 7 heteroatoms. The minimum atomic E-state index is -4.78. The van der Waals surface area contributed by atoms with Gasteiger partial charge in [0.25, 0.3) is 0 Å². The Labute approximate surface area is 117 Å². The van der Waals surface area contributed by atoms with Gasteiger partial charge in [-0.15, -0.1) is 0 Å². The maximum Gasteiger partial charge on any atom is 0.301 e. The van der Waals surface area contributed by atoms with E-state index >= 15 is 0 Å². The summed E-state index contributed by atoms with van der Waals surface area (Å²) in [6.45, 7) is 3.77. The molecule has 4 nitrogen and oxygen atoms in total. The van der Waals surface area contributed by atoms with Crippen LogP contribution in [0.1, 0.15) is 26.3 Å². The Morgan fingerprint density at radius 1 is 1.20 bits per heavy atom. The SMILES string of the molecule is CC(C)(Cc1ccc(F)cc1)NC[C@@](C)(F)S(=O)(=O)O. The van der Waals surface area contributed by atoms with E-state index in [0.717, 1.165) is 12.5 Å². The van der Waals surface area contributed by atoms with Crippen LogP contribution >= 0.6 is 0 Å². The van der Waals surface area contributed by atoms with Gasteiger partial charge in [0.1, 0.15) is 5.82 Å². The highest BCUT2D eigenvalue weighted by atomic mass is 32.2. The van der Waals surface area contributed by atoms with E-state index in [0.29, 0.717) is 6.42 Å². The number of rotatable bonds is 6. The zero-order valence-electron chi connectivity index (χ0n) is 11.7. The largest absolute Gasteiger partial charge is 0.307 e. The molecule has 1 aromatic rings. The monoisotopic (exact) mass is 307 g/mol. The molecule has 0 amide bonds. The molecule has 0 spiro atoms. The van der Waals surface area contributed by atoms with E-state index in [-0.39, 0.29) is 5.82 Å².